The van der Waals surface area contributed by atoms with Crippen LogP contribution in [0.5, 0.6) is 5.75 Å². The number of nitrogens with zero attached hydrogens (tertiary/aromatic N) is 1. The second-order valence-corrected chi connectivity index (χ2v) is 8.28. The maximum Gasteiger partial charge on any atom is 0.253 e. The smallest absolute Gasteiger partial charge is 0.253 e. The molecule has 0 atom stereocenters. The van der Waals surface area contributed by atoms with Gasteiger partial charge in [-0.2, -0.15) is 0 Å². The Morgan fingerprint density at radius 1 is 0.900 bits per heavy atom. The molecule has 2 heterocycles. The van der Waals surface area contributed by atoms with E-state index in [0.29, 0.717) is 13.1 Å². The SMILES string of the molecule is Cc1ccc(C(=O)N2CCC3(C=Cc4cc(-c5ccccc5)ccc4O3)CC2)cc1. The largest absolute Gasteiger partial charge is 0.482 e. The summed E-state index contributed by atoms with van der Waals surface area (Å²) in [5.41, 5.74) is 5.12. The lowest BCUT2D eigenvalue weighted by Crippen LogP contribution is -2.49. The highest BCUT2D eigenvalue weighted by Crippen LogP contribution is 2.39. The van der Waals surface area contributed by atoms with E-state index in [-0.39, 0.29) is 11.5 Å². The Morgan fingerprint density at radius 2 is 1.63 bits per heavy atom. The van der Waals surface area contributed by atoms with E-state index < -0.39 is 0 Å². The minimum atomic E-state index is -0.314. The van der Waals surface area contributed by atoms with Crippen molar-refractivity contribution in [3.05, 3.63) is 95.6 Å². The molecule has 3 aromatic rings. The highest BCUT2D eigenvalue weighted by molar-refractivity contribution is 5.94. The molecular formula is C27H25NO2. The van der Waals surface area contributed by atoms with Crippen LogP contribution in [-0.2, 0) is 0 Å². The van der Waals surface area contributed by atoms with Gasteiger partial charge in [0.15, 0.2) is 0 Å². The Balaban J connectivity index is 1.29. The number of carbonyl (C=O) groups is 1. The normalized spacial score (nSPS) is 16.8. The van der Waals surface area contributed by atoms with Gasteiger partial charge in [-0.25, -0.2) is 0 Å². The van der Waals surface area contributed by atoms with Crippen LogP contribution >= 0.6 is 0 Å². The van der Waals surface area contributed by atoms with Gasteiger partial charge in [0.2, 0.25) is 0 Å². The highest BCUT2D eigenvalue weighted by Gasteiger charge is 2.38. The highest BCUT2D eigenvalue weighted by atomic mass is 16.5. The molecule has 2 aliphatic rings. The van der Waals surface area contributed by atoms with Crippen molar-refractivity contribution in [3.63, 3.8) is 0 Å². The fraction of sp³-hybridized carbons (Fsp3) is 0.222. The zero-order valence-electron chi connectivity index (χ0n) is 17.2. The standard InChI is InChI=1S/C27H25NO2/c1-20-7-9-22(10-8-20)26(29)28-17-15-27(16-18-28)14-13-24-19-23(11-12-25(24)30-27)21-5-3-2-4-6-21/h2-14,19H,15-18H2,1H3. The summed E-state index contributed by atoms with van der Waals surface area (Å²) in [6.07, 6.45) is 5.99. The summed E-state index contributed by atoms with van der Waals surface area (Å²) < 4.78 is 6.48. The molecule has 1 spiro atoms. The summed E-state index contributed by atoms with van der Waals surface area (Å²) in [5.74, 6) is 1.04. The average Bonchev–Trinajstić information content (AvgIpc) is 2.80. The summed E-state index contributed by atoms with van der Waals surface area (Å²) in [6.45, 7) is 3.44. The molecule has 0 saturated carbocycles. The zero-order valence-corrected chi connectivity index (χ0v) is 17.2. The first kappa shape index (κ1) is 18.7. The van der Waals surface area contributed by atoms with Crippen LogP contribution < -0.4 is 4.74 Å². The number of likely N-dealkylation sites (tertiary alicyclic amines) is 1. The topological polar surface area (TPSA) is 29.5 Å². The Labute approximate surface area is 177 Å². The van der Waals surface area contributed by atoms with Gasteiger partial charge in [0.05, 0.1) is 0 Å². The average molecular weight is 396 g/mol. The van der Waals surface area contributed by atoms with Crippen molar-refractivity contribution in [3.8, 4) is 16.9 Å². The minimum absolute atomic E-state index is 0.109. The van der Waals surface area contributed by atoms with Gasteiger partial charge in [-0.05, 0) is 48.4 Å². The second-order valence-electron chi connectivity index (χ2n) is 8.28. The Hall–Kier alpha value is -3.33. The molecule has 3 nitrogen and oxygen atoms in total. The molecule has 0 unspecified atom stereocenters. The minimum Gasteiger partial charge on any atom is -0.482 e. The molecule has 0 aromatic heterocycles. The third kappa shape index (κ3) is 3.52. The number of benzene rings is 3. The van der Waals surface area contributed by atoms with Crippen LogP contribution in [0.25, 0.3) is 17.2 Å². The van der Waals surface area contributed by atoms with E-state index in [2.05, 4.69) is 54.6 Å². The number of hydrogen-bond acceptors (Lipinski definition) is 2. The van der Waals surface area contributed by atoms with Gasteiger partial charge in [-0.15, -0.1) is 0 Å². The van der Waals surface area contributed by atoms with Crippen molar-refractivity contribution in [2.24, 2.45) is 0 Å². The van der Waals surface area contributed by atoms with Gasteiger partial charge >= 0.3 is 0 Å². The van der Waals surface area contributed by atoms with Crippen LogP contribution in [0.15, 0.2) is 78.9 Å². The van der Waals surface area contributed by atoms with Crippen molar-refractivity contribution in [2.75, 3.05) is 13.1 Å². The van der Waals surface area contributed by atoms with Gasteiger partial charge in [0.25, 0.3) is 5.91 Å². The molecule has 150 valence electrons. The number of amides is 1. The van der Waals surface area contributed by atoms with E-state index in [0.717, 1.165) is 29.7 Å². The summed E-state index contributed by atoms with van der Waals surface area (Å²) in [4.78, 5) is 14.8. The summed E-state index contributed by atoms with van der Waals surface area (Å²) in [7, 11) is 0. The molecule has 5 rings (SSSR count). The van der Waals surface area contributed by atoms with Crippen LogP contribution in [0, 0.1) is 6.92 Å². The third-order valence-corrected chi connectivity index (χ3v) is 6.19. The van der Waals surface area contributed by atoms with E-state index in [1.54, 1.807) is 0 Å². The molecule has 1 fully saturated rings. The molecule has 2 aliphatic heterocycles. The van der Waals surface area contributed by atoms with Gasteiger partial charge in [-0.3, -0.25) is 4.79 Å². The predicted octanol–water partition coefficient (Wildman–Crippen LogP) is 5.74. The van der Waals surface area contributed by atoms with E-state index in [9.17, 15) is 4.79 Å². The predicted molar refractivity (Wildman–Crippen MR) is 121 cm³/mol. The lowest BCUT2D eigenvalue weighted by atomic mass is 9.87. The second kappa shape index (κ2) is 7.49. The van der Waals surface area contributed by atoms with Crippen LogP contribution in [0.3, 0.4) is 0 Å². The summed E-state index contributed by atoms with van der Waals surface area (Å²) >= 11 is 0. The molecule has 3 heteroatoms. The summed E-state index contributed by atoms with van der Waals surface area (Å²) in [6, 6.07) is 24.6. The fourth-order valence-electron chi connectivity index (χ4n) is 4.31. The monoisotopic (exact) mass is 395 g/mol. The fourth-order valence-corrected chi connectivity index (χ4v) is 4.31. The number of piperidine rings is 1. The quantitative estimate of drug-likeness (QED) is 0.553. The summed E-state index contributed by atoms with van der Waals surface area (Å²) in [5, 5.41) is 0. The first-order valence-electron chi connectivity index (χ1n) is 10.6. The molecule has 3 aromatic carbocycles. The van der Waals surface area contributed by atoms with E-state index in [1.165, 1.54) is 16.7 Å². The Morgan fingerprint density at radius 3 is 2.37 bits per heavy atom. The van der Waals surface area contributed by atoms with Crippen molar-refractivity contribution in [2.45, 2.75) is 25.4 Å². The van der Waals surface area contributed by atoms with Gasteiger partial charge < -0.3 is 9.64 Å². The van der Waals surface area contributed by atoms with Gasteiger partial charge in [0.1, 0.15) is 11.4 Å². The molecule has 0 bridgehead atoms. The third-order valence-electron chi connectivity index (χ3n) is 6.19. The number of aryl methyl sites for hydroxylation is 1. The van der Waals surface area contributed by atoms with Crippen LogP contribution in [0.4, 0.5) is 0 Å². The van der Waals surface area contributed by atoms with Crippen molar-refractivity contribution in [1.82, 2.24) is 4.90 Å². The number of ether oxygens (including phenoxy) is 1. The number of hydrogen-bond donors (Lipinski definition) is 0. The Bertz CT molecular complexity index is 1090. The molecule has 1 saturated heterocycles. The van der Waals surface area contributed by atoms with Gasteiger partial charge in [-0.1, -0.05) is 60.2 Å². The lowest BCUT2D eigenvalue weighted by Gasteiger charge is -2.42. The zero-order chi connectivity index (χ0) is 20.6. The maximum absolute atomic E-state index is 12.8. The van der Waals surface area contributed by atoms with Crippen molar-refractivity contribution < 1.29 is 9.53 Å². The van der Waals surface area contributed by atoms with Crippen LogP contribution in [-0.4, -0.2) is 29.5 Å². The van der Waals surface area contributed by atoms with Gasteiger partial charge in [0, 0.05) is 37.1 Å². The van der Waals surface area contributed by atoms with Crippen LogP contribution in [0.1, 0.15) is 34.3 Å². The first-order chi connectivity index (χ1) is 14.6. The van der Waals surface area contributed by atoms with Crippen LogP contribution in [0.2, 0.25) is 0 Å². The number of rotatable bonds is 2. The molecule has 0 N–H and O–H groups in total. The van der Waals surface area contributed by atoms with E-state index in [1.807, 2.05) is 42.2 Å². The van der Waals surface area contributed by atoms with Crippen molar-refractivity contribution in [1.29, 1.82) is 0 Å². The van der Waals surface area contributed by atoms with E-state index >= 15 is 0 Å². The number of carbonyl (C=O) groups excluding carboxylic acids is 1. The molecule has 1 amide bonds. The lowest BCUT2D eigenvalue weighted by molar-refractivity contribution is 0.0329. The molecule has 0 aliphatic carbocycles. The molecule has 0 radical (unpaired) electrons. The molecule has 30 heavy (non-hydrogen) atoms. The Kier molecular flexibility index (Phi) is 4.66. The molecular weight excluding hydrogens is 370 g/mol. The van der Waals surface area contributed by atoms with E-state index in [4.69, 9.17) is 4.74 Å². The maximum atomic E-state index is 12.8. The van der Waals surface area contributed by atoms with Crippen molar-refractivity contribution >= 4 is 12.0 Å². The first-order valence-corrected chi connectivity index (χ1v) is 10.6. The number of fused-ring (bicyclic) bond motifs is 1.